The van der Waals surface area contributed by atoms with E-state index >= 15 is 0 Å². The van der Waals surface area contributed by atoms with Gasteiger partial charge in [0, 0.05) is 7.05 Å². The molecule has 6 nitrogen and oxygen atoms in total. The molecule has 0 saturated heterocycles. The van der Waals surface area contributed by atoms with Gasteiger partial charge in [-0.05, 0) is 15.9 Å². The van der Waals surface area contributed by atoms with Gasteiger partial charge in [0.2, 0.25) is 0 Å². The van der Waals surface area contributed by atoms with Crippen LogP contribution in [0.4, 0.5) is 5.69 Å². The lowest BCUT2D eigenvalue weighted by molar-refractivity contribution is 0.581. The molecule has 78 valence electrons. The molecule has 0 aliphatic heterocycles. The van der Waals surface area contributed by atoms with Gasteiger partial charge in [0.1, 0.15) is 4.47 Å². The fraction of sp³-hybridized carbons (Fsp3) is 0.333. The predicted molar refractivity (Wildman–Crippen MR) is 56.0 cm³/mol. The van der Waals surface area contributed by atoms with E-state index in [1.54, 1.807) is 7.05 Å². The van der Waals surface area contributed by atoms with Crippen LogP contribution < -0.4 is 10.9 Å². The lowest BCUT2D eigenvalue weighted by atomic mass is 10.5. The SMILES string of the molecule is CNc1cnn(S(C)(=O)=O)c(=O)c1Br. The summed E-state index contributed by atoms with van der Waals surface area (Å²) in [5.74, 6) is 0. The molecule has 0 radical (unpaired) electrons. The summed E-state index contributed by atoms with van der Waals surface area (Å²) in [7, 11) is -2.04. The molecule has 0 atom stereocenters. The first-order chi connectivity index (χ1) is 6.38. The van der Waals surface area contributed by atoms with E-state index in [4.69, 9.17) is 0 Å². The number of hydrogen-bond donors (Lipinski definition) is 1. The van der Waals surface area contributed by atoms with Crippen molar-refractivity contribution in [2.75, 3.05) is 18.6 Å². The van der Waals surface area contributed by atoms with Gasteiger partial charge in [0.25, 0.3) is 15.6 Å². The summed E-state index contributed by atoms with van der Waals surface area (Å²) in [6.07, 6.45) is 2.17. The molecule has 0 bridgehead atoms. The van der Waals surface area contributed by atoms with Crippen LogP contribution in [0.5, 0.6) is 0 Å². The van der Waals surface area contributed by atoms with Gasteiger partial charge in [-0.2, -0.15) is 5.10 Å². The molecule has 0 aliphatic carbocycles. The van der Waals surface area contributed by atoms with Gasteiger partial charge in [-0.1, -0.05) is 0 Å². The van der Waals surface area contributed by atoms with Crippen LogP contribution in [0.25, 0.3) is 0 Å². The Balaban J connectivity index is 3.56. The van der Waals surface area contributed by atoms with Crippen molar-refractivity contribution in [2.24, 2.45) is 0 Å². The number of nitrogens with one attached hydrogen (secondary N) is 1. The molecule has 8 heteroatoms. The van der Waals surface area contributed by atoms with E-state index in [2.05, 4.69) is 26.3 Å². The first-order valence-corrected chi connectivity index (χ1v) is 6.18. The first kappa shape index (κ1) is 11.2. The molecule has 0 spiro atoms. The highest BCUT2D eigenvalue weighted by Gasteiger charge is 2.13. The Hall–Kier alpha value is -0.890. The van der Waals surface area contributed by atoms with Crippen LogP contribution in [0.3, 0.4) is 0 Å². The topological polar surface area (TPSA) is 81.1 Å². The molecule has 1 rings (SSSR count). The molecule has 1 heterocycles. The van der Waals surface area contributed by atoms with E-state index in [9.17, 15) is 13.2 Å². The summed E-state index contributed by atoms with van der Waals surface area (Å²) in [5, 5.41) is 6.20. The molecule has 0 unspecified atom stereocenters. The minimum Gasteiger partial charge on any atom is -0.386 e. The van der Waals surface area contributed by atoms with Crippen molar-refractivity contribution in [1.29, 1.82) is 0 Å². The second-order valence-corrected chi connectivity index (χ2v) is 5.14. The zero-order valence-corrected chi connectivity index (χ0v) is 9.89. The Morgan fingerprint density at radius 1 is 1.57 bits per heavy atom. The minimum atomic E-state index is -3.65. The second kappa shape index (κ2) is 3.70. The summed E-state index contributed by atoms with van der Waals surface area (Å²) >= 11 is 2.98. The molecular formula is C6H8BrN3O3S. The number of aromatic nitrogens is 2. The van der Waals surface area contributed by atoms with E-state index < -0.39 is 15.6 Å². The Morgan fingerprint density at radius 2 is 2.14 bits per heavy atom. The Kier molecular flexibility index (Phi) is 2.95. The van der Waals surface area contributed by atoms with E-state index in [1.165, 1.54) is 6.20 Å². The van der Waals surface area contributed by atoms with Crippen molar-refractivity contribution in [3.8, 4) is 0 Å². The summed E-state index contributed by atoms with van der Waals surface area (Å²) in [6.45, 7) is 0. The third-order valence-electron chi connectivity index (χ3n) is 1.47. The van der Waals surface area contributed by atoms with Crippen molar-refractivity contribution >= 4 is 31.6 Å². The van der Waals surface area contributed by atoms with Gasteiger partial charge in [-0.15, -0.1) is 4.09 Å². The molecule has 1 N–H and O–H groups in total. The van der Waals surface area contributed by atoms with Crippen LogP contribution >= 0.6 is 15.9 Å². The highest BCUT2D eigenvalue weighted by atomic mass is 79.9. The average Bonchev–Trinajstić information content (AvgIpc) is 2.07. The Morgan fingerprint density at radius 3 is 2.57 bits per heavy atom. The Bertz CT molecular complexity index is 508. The van der Waals surface area contributed by atoms with Gasteiger partial charge in [0.15, 0.2) is 0 Å². The molecule has 14 heavy (non-hydrogen) atoms. The number of hydrogen-bond acceptors (Lipinski definition) is 5. The zero-order valence-electron chi connectivity index (χ0n) is 7.48. The highest BCUT2D eigenvalue weighted by molar-refractivity contribution is 9.10. The van der Waals surface area contributed by atoms with Crippen molar-refractivity contribution < 1.29 is 8.42 Å². The molecule has 1 aromatic rings. The lowest BCUT2D eigenvalue weighted by Crippen LogP contribution is -2.29. The van der Waals surface area contributed by atoms with E-state index in [0.29, 0.717) is 9.77 Å². The molecule has 1 aromatic heterocycles. The number of nitrogens with zero attached hydrogens (tertiary/aromatic N) is 2. The highest BCUT2D eigenvalue weighted by Crippen LogP contribution is 2.14. The molecule has 0 amide bonds. The van der Waals surface area contributed by atoms with Gasteiger partial charge < -0.3 is 5.32 Å². The van der Waals surface area contributed by atoms with Crippen LogP contribution in [0.15, 0.2) is 15.5 Å². The van der Waals surface area contributed by atoms with E-state index in [-0.39, 0.29) is 4.47 Å². The van der Waals surface area contributed by atoms with Crippen LogP contribution in [0, 0.1) is 0 Å². The third kappa shape index (κ3) is 1.95. The number of rotatable bonds is 2. The largest absolute Gasteiger partial charge is 0.386 e. The zero-order chi connectivity index (χ0) is 10.9. The normalized spacial score (nSPS) is 11.4. The summed E-state index contributed by atoms with van der Waals surface area (Å²) in [5.41, 5.74) is -0.269. The molecule has 0 saturated carbocycles. The maximum absolute atomic E-state index is 11.4. The monoisotopic (exact) mass is 281 g/mol. The quantitative estimate of drug-likeness (QED) is 0.816. The third-order valence-corrected chi connectivity index (χ3v) is 3.13. The van der Waals surface area contributed by atoms with E-state index in [0.717, 1.165) is 6.26 Å². The van der Waals surface area contributed by atoms with Crippen molar-refractivity contribution in [1.82, 2.24) is 9.19 Å². The van der Waals surface area contributed by atoms with Crippen LogP contribution in [-0.2, 0) is 10.0 Å². The smallest absolute Gasteiger partial charge is 0.297 e. The first-order valence-electron chi connectivity index (χ1n) is 3.54. The van der Waals surface area contributed by atoms with Crippen molar-refractivity contribution in [3.05, 3.63) is 21.0 Å². The number of anilines is 1. The summed E-state index contributed by atoms with van der Waals surface area (Å²) in [4.78, 5) is 11.4. The molecule has 0 fully saturated rings. The molecule has 0 aromatic carbocycles. The number of halogens is 1. The average molecular weight is 282 g/mol. The molecule has 0 aliphatic rings. The fourth-order valence-electron chi connectivity index (χ4n) is 0.829. The Labute approximate surface area is 89.1 Å². The fourth-order valence-corrected chi connectivity index (χ4v) is 2.03. The van der Waals surface area contributed by atoms with Gasteiger partial charge >= 0.3 is 0 Å². The van der Waals surface area contributed by atoms with Crippen LogP contribution in [0.1, 0.15) is 0 Å². The predicted octanol–water partition coefficient (Wildman–Crippen LogP) is -0.145. The maximum Gasteiger partial charge on any atom is 0.297 e. The van der Waals surface area contributed by atoms with Gasteiger partial charge in [-0.3, -0.25) is 4.79 Å². The second-order valence-electron chi connectivity index (χ2n) is 2.53. The summed E-state index contributed by atoms with van der Waals surface area (Å²) < 4.78 is 22.7. The van der Waals surface area contributed by atoms with Gasteiger partial charge in [0.05, 0.1) is 18.1 Å². The maximum atomic E-state index is 11.4. The lowest BCUT2D eigenvalue weighted by Gasteiger charge is -2.05. The van der Waals surface area contributed by atoms with Crippen LogP contribution in [-0.4, -0.2) is 30.9 Å². The van der Waals surface area contributed by atoms with Crippen LogP contribution in [0.2, 0.25) is 0 Å². The standard InChI is InChI=1S/C6H8BrN3O3S/c1-8-4-3-9-10(14(2,12)13)6(11)5(4)7/h3,8H,1-2H3. The van der Waals surface area contributed by atoms with E-state index in [1.807, 2.05) is 0 Å². The summed E-state index contributed by atoms with van der Waals surface area (Å²) in [6, 6.07) is 0. The van der Waals surface area contributed by atoms with Crippen molar-refractivity contribution in [2.45, 2.75) is 0 Å². The minimum absolute atomic E-state index is 0.139. The van der Waals surface area contributed by atoms with Crippen molar-refractivity contribution in [3.63, 3.8) is 0 Å². The van der Waals surface area contributed by atoms with Gasteiger partial charge in [-0.25, -0.2) is 8.42 Å². The molecular weight excluding hydrogens is 274 g/mol.